The quantitative estimate of drug-likeness (QED) is 0.736. The largest absolute Gasteiger partial charge is 0.248 e. The molecule has 1 saturated carbocycles. The Balaban J connectivity index is 2.25. The summed E-state index contributed by atoms with van der Waals surface area (Å²) >= 11 is 3.45. The van der Waals surface area contributed by atoms with Crippen LogP contribution in [-0.2, 0) is 5.41 Å². The molecule has 0 amide bonds. The fraction of sp³-hybridized carbons (Fsp3) is 0.714. The molecule has 0 saturated heterocycles. The van der Waals surface area contributed by atoms with Crippen LogP contribution in [0.25, 0.3) is 0 Å². The van der Waals surface area contributed by atoms with Crippen LogP contribution in [0.2, 0.25) is 0 Å². The first-order valence-corrected chi connectivity index (χ1v) is 7.39. The Morgan fingerprint density at radius 1 is 1.26 bits per heavy atom. The summed E-state index contributed by atoms with van der Waals surface area (Å²) in [6.07, 6.45) is 2.64. The summed E-state index contributed by atoms with van der Waals surface area (Å²) in [4.78, 5) is 8.94. The summed E-state index contributed by atoms with van der Waals surface area (Å²) in [5.41, 5.74) is 0.754. The molecule has 2 nitrogen and oxygen atoms in total. The molecular formula is C14H19BrF2N2. The van der Waals surface area contributed by atoms with Gasteiger partial charge in [-0.3, -0.25) is 0 Å². The van der Waals surface area contributed by atoms with E-state index in [1.54, 1.807) is 6.20 Å². The fourth-order valence-corrected chi connectivity index (χ4v) is 2.86. The SMILES string of the molecule is CC(C)(C)c1ncc(Br)c(C2CCC(F)(F)CC2)n1. The topological polar surface area (TPSA) is 25.8 Å². The van der Waals surface area contributed by atoms with Crippen molar-refractivity contribution < 1.29 is 8.78 Å². The molecule has 1 aliphatic rings. The Morgan fingerprint density at radius 3 is 2.37 bits per heavy atom. The number of nitrogens with zero attached hydrogens (tertiary/aromatic N) is 2. The molecule has 5 heteroatoms. The van der Waals surface area contributed by atoms with Crippen molar-refractivity contribution in [1.29, 1.82) is 0 Å². The smallest absolute Gasteiger partial charge is 0.240 e. The van der Waals surface area contributed by atoms with Crippen molar-refractivity contribution in [3.8, 4) is 0 Å². The van der Waals surface area contributed by atoms with Crippen molar-refractivity contribution >= 4 is 15.9 Å². The summed E-state index contributed by atoms with van der Waals surface area (Å²) in [6.45, 7) is 6.15. The van der Waals surface area contributed by atoms with Gasteiger partial charge in [0.2, 0.25) is 5.92 Å². The van der Waals surface area contributed by atoms with Gasteiger partial charge in [-0.15, -0.1) is 0 Å². The van der Waals surface area contributed by atoms with E-state index in [-0.39, 0.29) is 24.2 Å². The molecule has 0 N–H and O–H groups in total. The predicted molar refractivity (Wildman–Crippen MR) is 74.6 cm³/mol. The molecule has 0 radical (unpaired) electrons. The first-order chi connectivity index (χ1) is 8.69. The van der Waals surface area contributed by atoms with E-state index in [1.165, 1.54) is 0 Å². The maximum absolute atomic E-state index is 13.2. The van der Waals surface area contributed by atoms with Gasteiger partial charge in [0.1, 0.15) is 5.82 Å². The van der Waals surface area contributed by atoms with Crippen molar-refractivity contribution in [3.63, 3.8) is 0 Å². The van der Waals surface area contributed by atoms with Crippen molar-refractivity contribution in [1.82, 2.24) is 9.97 Å². The van der Waals surface area contributed by atoms with Gasteiger partial charge in [0, 0.05) is 30.4 Å². The molecule has 1 fully saturated rings. The van der Waals surface area contributed by atoms with Crippen LogP contribution < -0.4 is 0 Å². The van der Waals surface area contributed by atoms with E-state index in [4.69, 9.17) is 0 Å². The molecule has 0 aliphatic heterocycles. The molecule has 0 spiro atoms. The van der Waals surface area contributed by atoms with Crippen LogP contribution in [0.1, 0.15) is 63.9 Å². The van der Waals surface area contributed by atoms with Gasteiger partial charge < -0.3 is 0 Å². The molecule has 0 bridgehead atoms. The zero-order valence-corrected chi connectivity index (χ0v) is 13.1. The van der Waals surface area contributed by atoms with Crippen LogP contribution in [0.3, 0.4) is 0 Å². The summed E-state index contributed by atoms with van der Waals surface area (Å²) in [5.74, 6) is -1.62. The molecular weight excluding hydrogens is 314 g/mol. The highest BCUT2D eigenvalue weighted by atomic mass is 79.9. The summed E-state index contributed by atoms with van der Waals surface area (Å²) in [7, 11) is 0. The van der Waals surface area contributed by atoms with Crippen LogP contribution in [0.4, 0.5) is 8.78 Å². The number of rotatable bonds is 1. The summed E-state index contributed by atoms with van der Waals surface area (Å²) in [6, 6.07) is 0. The summed E-state index contributed by atoms with van der Waals surface area (Å²) < 4.78 is 27.3. The van der Waals surface area contributed by atoms with Crippen molar-refractivity contribution in [2.45, 2.75) is 63.7 Å². The molecule has 106 valence electrons. The number of halogens is 3. The molecule has 1 aromatic heterocycles. The number of hydrogen-bond donors (Lipinski definition) is 0. The monoisotopic (exact) mass is 332 g/mol. The minimum absolute atomic E-state index is 0.0427. The van der Waals surface area contributed by atoms with E-state index >= 15 is 0 Å². The van der Waals surface area contributed by atoms with Crippen LogP contribution in [0, 0.1) is 0 Å². The second kappa shape index (κ2) is 5.08. The van der Waals surface area contributed by atoms with Crippen LogP contribution >= 0.6 is 15.9 Å². The number of alkyl halides is 2. The van der Waals surface area contributed by atoms with E-state index in [1.807, 2.05) is 0 Å². The van der Waals surface area contributed by atoms with E-state index in [9.17, 15) is 8.78 Å². The lowest BCUT2D eigenvalue weighted by atomic mass is 9.84. The molecule has 2 rings (SSSR count). The first-order valence-electron chi connectivity index (χ1n) is 6.60. The Hall–Kier alpha value is -0.580. The van der Waals surface area contributed by atoms with Gasteiger partial charge in [-0.05, 0) is 28.8 Å². The number of aromatic nitrogens is 2. The minimum atomic E-state index is -2.50. The minimum Gasteiger partial charge on any atom is -0.240 e. The van der Waals surface area contributed by atoms with Gasteiger partial charge in [0.05, 0.1) is 10.2 Å². The molecule has 1 aromatic rings. The molecule has 1 heterocycles. The predicted octanol–water partition coefficient (Wildman–Crippen LogP) is 4.83. The lowest BCUT2D eigenvalue weighted by molar-refractivity contribution is -0.0385. The molecule has 0 unspecified atom stereocenters. The van der Waals surface area contributed by atoms with Crippen molar-refractivity contribution in [3.05, 3.63) is 22.2 Å². The maximum Gasteiger partial charge on any atom is 0.248 e. The first kappa shape index (κ1) is 14.8. The normalized spacial score (nSPS) is 20.5. The molecule has 0 aromatic carbocycles. The molecule has 19 heavy (non-hydrogen) atoms. The lowest BCUT2D eigenvalue weighted by Gasteiger charge is -2.29. The highest BCUT2D eigenvalue weighted by Gasteiger charge is 2.36. The third-order valence-corrected chi connectivity index (χ3v) is 4.16. The average molecular weight is 333 g/mol. The maximum atomic E-state index is 13.2. The highest BCUT2D eigenvalue weighted by Crippen LogP contribution is 2.42. The Morgan fingerprint density at radius 2 is 1.84 bits per heavy atom. The van der Waals surface area contributed by atoms with Crippen LogP contribution in [-0.4, -0.2) is 15.9 Å². The van der Waals surface area contributed by atoms with Gasteiger partial charge in [-0.1, -0.05) is 20.8 Å². The fourth-order valence-electron chi connectivity index (χ4n) is 2.34. The summed E-state index contributed by atoms with van der Waals surface area (Å²) in [5, 5.41) is 0. The van der Waals surface area contributed by atoms with Gasteiger partial charge >= 0.3 is 0 Å². The number of hydrogen-bond acceptors (Lipinski definition) is 2. The third-order valence-electron chi connectivity index (χ3n) is 3.55. The Bertz CT molecular complexity index is 459. The third kappa shape index (κ3) is 3.50. The van der Waals surface area contributed by atoms with Crippen molar-refractivity contribution in [2.24, 2.45) is 0 Å². The zero-order chi connectivity index (χ0) is 14.3. The average Bonchev–Trinajstić information content (AvgIpc) is 2.29. The molecule has 0 atom stereocenters. The van der Waals surface area contributed by atoms with E-state index in [2.05, 4.69) is 46.7 Å². The van der Waals surface area contributed by atoms with Crippen molar-refractivity contribution in [2.75, 3.05) is 0 Å². The zero-order valence-electron chi connectivity index (χ0n) is 11.5. The standard InChI is InChI=1S/C14H19BrF2N2/c1-13(2,3)12-18-8-10(15)11(19-12)9-4-6-14(16,17)7-5-9/h8-9H,4-7H2,1-3H3. The Labute approximate surface area is 121 Å². The van der Waals surface area contributed by atoms with E-state index in [0.717, 1.165) is 16.0 Å². The lowest BCUT2D eigenvalue weighted by Crippen LogP contribution is -2.25. The van der Waals surface area contributed by atoms with Gasteiger partial charge in [0.15, 0.2) is 0 Å². The van der Waals surface area contributed by atoms with Crippen LogP contribution in [0.5, 0.6) is 0 Å². The molecule has 1 aliphatic carbocycles. The second-order valence-electron chi connectivity index (χ2n) is 6.31. The van der Waals surface area contributed by atoms with Gasteiger partial charge in [0.25, 0.3) is 0 Å². The van der Waals surface area contributed by atoms with E-state index < -0.39 is 5.92 Å². The van der Waals surface area contributed by atoms with Gasteiger partial charge in [-0.25, -0.2) is 18.7 Å². The van der Waals surface area contributed by atoms with E-state index in [0.29, 0.717) is 12.8 Å². The second-order valence-corrected chi connectivity index (χ2v) is 7.16. The van der Waals surface area contributed by atoms with Crippen LogP contribution in [0.15, 0.2) is 10.7 Å². The Kier molecular flexibility index (Phi) is 3.96. The van der Waals surface area contributed by atoms with Gasteiger partial charge in [-0.2, -0.15) is 0 Å². The highest BCUT2D eigenvalue weighted by molar-refractivity contribution is 9.10.